The van der Waals surface area contributed by atoms with Crippen LogP contribution in [-0.4, -0.2) is 51.2 Å². The van der Waals surface area contributed by atoms with Gasteiger partial charge in [-0.2, -0.15) is 0 Å². The second kappa shape index (κ2) is 16.5. The topological polar surface area (TPSA) is 155 Å². The van der Waals surface area contributed by atoms with E-state index >= 15 is 0 Å². The van der Waals surface area contributed by atoms with Crippen LogP contribution in [0.2, 0.25) is 0 Å². The van der Waals surface area contributed by atoms with Crippen LogP contribution in [0, 0.1) is 0 Å². The Labute approximate surface area is 140 Å². The number of carbonyl (C=O) groups is 2. The summed E-state index contributed by atoms with van der Waals surface area (Å²) < 4.78 is 37.7. The van der Waals surface area contributed by atoms with E-state index in [0.29, 0.717) is 0 Å². The number of carbonyl (C=O) groups excluding carboxylic acids is 2. The average Bonchev–Trinajstić information content (AvgIpc) is 2.15. The molecule has 0 amide bonds. The van der Waals surface area contributed by atoms with Crippen molar-refractivity contribution in [1.29, 1.82) is 0 Å². The minimum atomic E-state index is -2.75. The van der Waals surface area contributed by atoms with E-state index in [0.717, 1.165) is 0 Å². The Kier molecular flexibility index (Phi) is 26.9. The Hall–Kier alpha value is 1.48. The fourth-order valence-corrected chi connectivity index (χ4v) is 0.316. The number of aliphatic hydroxyl groups excluding tert-OH is 2. The van der Waals surface area contributed by atoms with Crippen LogP contribution in [0.25, 0.3) is 0 Å². The standard InChI is InChI=1S/2C2H4O4S.2Na/c2*3-1-2(4)7(5)6;;/h2*3H,1H2,(H,5,6);;/q;;2*+1/p-2. The van der Waals surface area contributed by atoms with Crippen LogP contribution in [0.5, 0.6) is 0 Å². The molecule has 2 N–H and O–H groups in total. The summed E-state index contributed by atoms with van der Waals surface area (Å²) in [7, 11) is 0. The fraction of sp³-hybridized carbons (Fsp3) is 0.500. The molecule has 0 rings (SSSR count). The zero-order valence-corrected chi connectivity index (χ0v) is 14.2. The molecule has 2 atom stereocenters. The van der Waals surface area contributed by atoms with Crippen molar-refractivity contribution in [3.63, 3.8) is 0 Å². The summed E-state index contributed by atoms with van der Waals surface area (Å²) in [6.07, 6.45) is 0. The number of hydrogen-bond donors (Lipinski definition) is 2. The van der Waals surface area contributed by atoms with E-state index in [1.54, 1.807) is 0 Å². The third-order valence-corrected chi connectivity index (χ3v) is 1.63. The van der Waals surface area contributed by atoms with Gasteiger partial charge in [-0.05, 0) is 0 Å². The molecule has 0 aliphatic carbocycles. The maximum absolute atomic E-state index is 9.65. The molecule has 0 aliphatic heterocycles. The van der Waals surface area contributed by atoms with Crippen LogP contribution in [0.3, 0.4) is 0 Å². The predicted octanol–water partition coefficient (Wildman–Crippen LogP) is -9.22. The summed E-state index contributed by atoms with van der Waals surface area (Å²) in [6, 6.07) is 0. The Morgan fingerprint density at radius 3 is 1.06 bits per heavy atom. The molecular formula is C4H6Na2O8S2. The van der Waals surface area contributed by atoms with Gasteiger partial charge in [-0.25, -0.2) is 0 Å². The molecule has 0 aromatic carbocycles. The van der Waals surface area contributed by atoms with Crippen molar-refractivity contribution >= 4 is 32.4 Å². The molecular weight excluding hydrogens is 286 g/mol. The van der Waals surface area contributed by atoms with Gasteiger partial charge in [0.2, 0.25) is 10.2 Å². The molecule has 0 fully saturated rings. The summed E-state index contributed by atoms with van der Waals surface area (Å²) in [5.74, 6) is 0. The first-order valence-electron chi connectivity index (χ1n) is 2.82. The van der Waals surface area contributed by atoms with E-state index < -0.39 is 45.6 Å². The minimum Gasteiger partial charge on any atom is -0.766 e. The van der Waals surface area contributed by atoms with Crippen molar-refractivity contribution in [2.75, 3.05) is 13.2 Å². The molecule has 16 heavy (non-hydrogen) atoms. The van der Waals surface area contributed by atoms with Gasteiger partial charge in [0.25, 0.3) is 0 Å². The first-order chi connectivity index (χ1) is 6.36. The van der Waals surface area contributed by atoms with Crippen LogP contribution in [0.1, 0.15) is 0 Å². The van der Waals surface area contributed by atoms with Gasteiger partial charge in [0.15, 0.2) is 0 Å². The minimum absolute atomic E-state index is 0. The van der Waals surface area contributed by atoms with Crippen molar-refractivity contribution in [3.05, 3.63) is 0 Å². The molecule has 12 heteroatoms. The second-order valence-corrected chi connectivity index (χ2v) is 3.38. The predicted molar refractivity (Wildman–Crippen MR) is 42.0 cm³/mol. The molecule has 0 heterocycles. The molecule has 0 aromatic heterocycles. The maximum atomic E-state index is 9.65. The van der Waals surface area contributed by atoms with Gasteiger partial charge in [-0.1, -0.05) is 0 Å². The largest absolute Gasteiger partial charge is 1.00 e. The first-order valence-corrected chi connectivity index (χ1v) is 4.97. The van der Waals surface area contributed by atoms with Crippen molar-refractivity contribution in [1.82, 2.24) is 0 Å². The van der Waals surface area contributed by atoms with E-state index in [1.165, 1.54) is 0 Å². The van der Waals surface area contributed by atoms with Crippen LogP contribution < -0.4 is 59.1 Å². The summed E-state index contributed by atoms with van der Waals surface area (Å²) in [5.41, 5.74) is 0. The third-order valence-electron chi connectivity index (χ3n) is 0.630. The monoisotopic (exact) mass is 292 g/mol. The molecule has 0 saturated carbocycles. The van der Waals surface area contributed by atoms with Crippen LogP contribution >= 0.6 is 0 Å². The van der Waals surface area contributed by atoms with Crippen molar-refractivity contribution in [3.8, 4) is 0 Å². The fourth-order valence-electron chi connectivity index (χ4n) is 0.105. The van der Waals surface area contributed by atoms with Gasteiger partial charge >= 0.3 is 59.1 Å². The van der Waals surface area contributed by atoms with Gasteiger partial charge in [0.05, 0.1) is 0 Å². The van der Waals surface area contributed by atoms with Crippen molar-refractivity contribution in [2.45, 2.75) is 0 Å². The Bertz CT molecular complexity index is 230. The van der Waals surface area contributed by atoms with Crippen molar-refractivity contribution in [2.24, 2.45) is 0 Å². The first kappa shape index (κ1) is 26.1. The zero-order chi connectivity index (χ0) is 11.7. The Balaban J connectivity index is -0.0000000800. The molecule has 0 aromatic rings. The molecule has 0 aliphatic rings. The second-order valence-electron chi connectivity index (χ2n) is 1.53. The molecule has 0 spiro atoms. The smallest absolute Gasteiger partial charge is 0.766 e. The SMILES string of the molecule is O=C(CO)S(=O)[O-].O=C(CO)S(=O)[O-].[Na+].[Na+]. The molecule has 2 unspecified atom stereocenters. The maximum Gasteiger partial charge on any atom is 1.00 e. The Morgan fingerprint density at radius 1 is 0.875 bits per heavy atom. The summed E-state index contributed by atoms with van der Waals surface area (Å²) >= 11 is -5.50. The summed E-state index contributed by atoms with van der Waals surface area (Å²) in [4.78, 5) is 19.3. The summed E-state index contributed by atoms with van der Waals surface area (Å²) in [5, 5.41) is 13.2. The van der Waals surface area contributed by atoms with Crippen molar-refractivity contribution < 1.29 is 96.4 Å². The molecule has 0 saturated heterocycles. The zero-order valence-electron chi connectivity index (χ0n) is 8.57. The molecule has 0 radical (unpaired) electrons. The van der Waals surface area contributed by atoms with E-state index in [9.17, 15) is 27.1 Å². The van der Waals surface area contributed by atoms with Gasteiger partial charge in [0, 0.05) is 22.2 Å². The molecule has 84 valence electrons. The van der Waals surface area contributed by atoms with E-state index in [-0.39, 0.29) is 59.1 Å². The third kappa shape index (κ3) is 17.9. The number of rotatable bonds is 2. The molecule has 8 nitrogen and oxygen atoms in total. The van der Waals surface area contributed by atoms with Gasteiger partial charge in [-0.15, -0.1) is 0 Å². The van der Waals surface area contributed by atoms with Crippen LogP contribution in [0.15, 0.2) is 0 Å². The van der Waals surface area contributed by atoms with Crippen LogP contribution in [-0.2, 0) is 31.7 Å². The van der Waals surface area contributed by atoms with E-state index in [1.807, 2.05) is 0 Å². The van der Waals surface area contributed by atoms with Crippen LogP contribution in [0.4, 0.5) is 0 Å². The van der Waals surface area contributed by atoms with E-state index in [4.69, 9.17) is 10.2 Å². The number of hydrogen-bond acceptors (Lipinski definition) is 8. The van der Waals surface area contributed by atoms with Gasteiger partial charge in [-0.3, -0.25) is 18.0 Å². The van der Waals surface area contributed by atoms with E-state index in [2.05, 4.69) is 0 Å². The quantitative estimate of drug-likeness (QED) is 0.375. The molecule has 0 bridgehead atoms. The summed E-state index contributed by atoms with van der Waals surface area (Å²) in [6.45, 7) is -1.87. The average molecular weight is 292 g/mol. The number of aliphatic hydroxyl groups is 2. The van der Waals surface area contributed by atoms with Gasteiger partial charge < -0.3 is 19.3 Å². The Morgan fingerprint density at radius 2 is 1.06 bits per heavy atom. The van der Waals surface area contributed by atoms with Gasteiger partial charge in [0.1, 0.15) is 13.2 Å². The normalized spacial score (nSPS) is 11.8.